The summed E-state index contributed by atoms with van der Waals surface area (Å²) in [6.07, 6.45) is 0.787. The van der Waals surface area contributed by atoms with Crippen LogP contribution < -0.4 is 0 Å². The molecule has 10 heteroatoms. The van der Waals surface area contributed by atoms with Crippen LogP contribution >= 0.6 is 7.60 Å². The molecule has 3 rings (SSSR count). The smallest absolute Gasteiger partial charge is 0.375 e. The number of aromatic nitrogens is 4. The van der Waals surface area contributed by atoms with Gasteiger partial charge in [0.15, 0.2) is 5.65 Å². The topological polar surface area (TPSA) is 105 Å². The Kier molecular flexibility index (Phi) is 6.07. The summed E-state index contributed by atoms with van der Waals surface area (Å²) in [6, 6.07) is 7.60. The van der Waals surface area contributed by atoms with E-state index in [0.717, 1.165) is 22.9 Å². The predicted molar refractivity (Wildman–Crippen MR) is 103 cm³/mol. The molecule has 0 bridgehead atoms. The zero-order chi connectivity index (χ0) is 20.3. The molecule has 0 N–H and O–H groups in total. The summed E-state index contributed by atoms with van der Waals surface area (Å²) in [7, 11) is -3.83. The lowest BCUT2D eigenvalue weighted by atomic mass is 10.1. The summed E-state index contributed by atoms with van der Waals surface area (Å²) in [4.78, 5) is 11.8. The molecule has 1 unspecified atom stereocenters. The highest BCUT2D eigenvalue weighted by Gasteiger charge is 2.42. The van der Waals surface area contributed by atoms with Crippen molar-refractivity contribution >= 4 is 30.1 Å². The van der Waals surface area contributed by atoms with Crippen LogP contribution in [0.15, 0.2) is 24.3 Å². The van der Waals surface area contributed by atoms with Gasteiger partial charge in [-0.25, -0.2) is 0 Å². The van der Waals surface area contributed by atoms with Gasteiger partial charge in [0.25, 0.3) is 0 Å². The number of carbonyl (C=O) groups is 1. The maximum Gasteiger partial charge on any atom is 0.375 e. The number of pyridine rings is 1. The average Bonchev–Trinajstić information content (AvgIpc) is 3.15. The fraction of sp³-hybridized carbons (Fsp3) is 0.444. The third-order valence-corrected chi connectivity index (χ3v) is 6.43. The van der Waals surface area contributed by atoms with E-state index in [4.69, 9.17) is 13.8 Å². The van der Waals surface area contributed by atoms with Gasteiger partial charge in [-0.15, -0.1) is 5.10 Å². The van der Waals surface area contributed by atoms with Gasteiger partial charge in [-0.3, -0.25) is 9.36 Å². The number of nitrogens with zero attached hydrogens (tertiary/aromatic N) is 4. The summed E-state index contributed by atoms with van der Waals surface area (Å²) in [5.74, 6) is -1.90. The number of hydrogen-bond acceptors (Lipinski definition) is 8. The van der Waals surface area contributed by atoms with E-state index >= 15 is 0 Å². The molecule has 0 fully saturated rings. The minimum atomic E-state index is -3.83. The number of esters is 1. The Morgan fingerprint density at radius 3 is 2.54 bits per heavy atom. The van der Waals surface area contributed by atoms with Crippen molar-refractivity contribution in [2.45, 2.75) is 40.0 Å². The van der Waals surface area contributed by atoms with Crippen LogP contribution in [0.2, 0.25) is 0 Å². The van der Waals surface area contributed by atoms with Crippen LogP contribution in [0, 0.1) is 0 Å². The van der Waals surface area contributed by atoms with Crippen LogP contribution in [0.25, 0.3) is 16.6 Å². The van der Waals surface area contributed by atoms with Gasteiger partial charge in [0.05, 0.1) is 24.3 Å². The molecule has 1 aromatic carbocycles. The SMILES string of the molecule is CCOP(=O)(OCC)C(OC(C)=O)c1cc2cccc(CC)c2n2nnnc12. The normalized spacial score (nSPS) is 13.1. The molecule has 0 spiro atoms. The average molecular weight is 406 g/mol. The largest absolute Gasteiger partial charge is 0.444 e. The first-order valence-electron chi connectivity index (χ1n) is 9.13. The highest BCUT2D eigenvalue weighted by molar-refractivity contribution is 7.54. The van der Waals surface area contributed by atoms with Crippen molar-refractivity contribution in [2.75, 3.05) is 13.2 Å². The molecule has 150 valence electrons. The number of rotatable bonds is 8. The van der Waals surface area contributed by atoms with Crippen molar-refractivity contribution in [3.8, 4) is 0 Å². The Bertz CT molecular complexity index is 1040. The molecule has 0 aliphatic rings. The summed E-state index contributed by atoms with van der Waals surface area (Å²) in [6.45, 7) is 6.93. The zero-order valence-electron chi connectivity index (χ0n) is 16.3. The maximum atomic E-state index is 13.5. The number of carbonyl (C=O) groups excluding carboxylic acids is 1. The maximum absolute atomic E-state index is 13.5. The minimum absolute atomic E-state index is 0.129. The fourth-order valence-electron chi connectivity index (χ4n) is 3.19. The molecule has 0 aliphatic carbocycles. The third kappa shape index (κ3) is 3.65. The van der Waals surface area contributed by atoms with Gasteiger partial charge in [0, 0.05) is 12.3 Å². The zero-order valence-corrected chi connectivity index (χ0v) is 17.2. The molecule has 9 nitrogen and oxygen atoms in total. The van der Waals surface area contributed by atoms with Gasteiger partial charge in [-0.1, -0.05) is 25.1 Å². The quantitative estimate of drug-likeness (QED) is 0.412. The summed E-state index contributed by atoms with van der Waals surface area (Å²) >= 11 is 0. The first-order chi connectivity index (χ1) is 13.4. The molecule has 0 amide bonds. The van der Waals surface area contributed by atoms with Gasteiger partial charge in [0.2, 0.25) is 5.85 Å². The molecule has 1 atom stereocenters. The van der Waals surface area contributed by atoms with Gasteiger partial charge >= 0.3 is 13.6 Å². The van der Waals surface area contributed by atoms with E-state index in [1.165, 1.54) is 6.92 Å². The summed E-state index contributed by atoms with van der Waals surface area (Å²) in [5, 5.41) is 12.8. The fourth-order valence-corrected chi connectivity index (χ4v) is 5.06. The van der Waals surface area contributed by atoms with Crippen molar-refractivity contribution < 1.29 is 23.1 Å². The van der Waals surface area contributed by atoms with Crippen LogP contribution in [0.5, 0.6) is 0 Å². The second-order valence-corrected chi connectivity index (χ2v) is 8.12. The monoisotopic (exact) mass is 406 g/mol. The molecule has 0 saturated carbocycles. The molecule has 28 heavy (non-hydrogen) atoms. The Labute approximate surface area is 162 Å². The number of para-hydroxylation sites is 1. The van der Waals surface area contributed by atoms with Crippen LogP contribution in [-0.2, 0) is 29.6 Å². The van der Waals surface area contributed by atoms with Crippen LogP contribution in [0.1, 0.15) is 44.7 Å². The molecule has 0 saturated heterocycles. The van der Waals surface area contributed by atoms with E-state index in [1.807, 2.05) is 25.1 Å². The second-order valence-electron chi connectivity index (χ2n) is 6.06. The number of hydrogen-bond donors (Lipinski definition) is 0. The van der Waals surface area contributed by atoms with Gasteiger partial charge < -0.3 is 13.8 Å². The van der Waals surface area contributed by atoms with Gasteiger partial charge in [0.1, 0.15) is 0 Å². The number of ether oxygens (including phenoxy) is 1. The van der Waals surface area contributed by atoms with Crippen molar-refractivity contribution in [1.82, 2.24) is 20.0 Å². The highest BCUT2D eigenvalue weighted by Crippen LogP contribution is 2.62. The lowest BCUT2D eigenvalue weighted by Gasteiger charge is -2.26. The van der Waals surface area contributed by atoms with E-state index in [2.05, 4.69) is 15.5 Å². The molecule has 2 heterocycles. The van der Waals surface area contributed by atoms with E-state index < -0.39 is 19.4 Å². The third-order valence-electron chi connectivity index (χ3n) is 4.23. The van der Waals surface area contributed by atoms with Crippen molar-refractivity contribution in [1.29, 1.82) is 0 Å². The van der Waals surface area contributed by atoms with E-state index in [1.54, 1.807) is 24.4 Å². The Hall–Kier alpha value is -2.35. The number of tetrazole rings is 1. The summed E-state index contributed by atoms with van der Waals surface area (Å²) in [5.41, 5.74) is 2.60. The Morgan fingerprint density at radius 1 is 1.21 bits per heavy atom. The highest BCUT2D eigenvalue weighted by atomic mass is 31.2. The van der Waals surface area contributed by atoms with Gasteiger partial charge in [-0.2, -0.15) is 4.52 Å². The minimum Gasteiger partial charge on any atom is -0.444 e. The lowest BCUT2D eigenvalue weighted by Crippen LogP contribution is -2.15. The Morgan fingerprint density at radius 2 is 1.93 bits per heavy atom. The molecular weight excluding hydrogens is 383 g/mol. The number of aryl methyl sites for hydroxylation is 1. The van der Waals surface area contributed by atoms with Crippen LogP contribution in [-0.4, -0.2) is 39.2 Å². The Balaban J connectivity index is 2.32. The van der Waals surface area contributed by atoms with Crippen LogP contribution in [0.3, 0.4) is 0 Å². The van der Waals surface area contributed by atoms with E-state index in [9.17, 15) is 9.36 Å². The first kappa shape index (κ1) is 20.4. The van der Waals surface area contributed by atoms with E-state index in [-0.39, 0.29) is 13.2 Å². The van der Waals surface area contributed by atoms with Crippen LogP contribution in [0.4, 0.5) is 0 Å². The van der Waals surface area contributed by atoms with Crippen molar-refractivity contribution in [2.24, 2.45) is 0 Å². The number of fused-ring (bicyclic) bond motifs is 3. The summed E-state index contributed by atoms with van der Waals surface area (Å²) < 4.78 is 31.4. The van der Waals surface area contributed by atoms with Crippen molar-refractivity contribution in [3.63, 3.8) is 0 Å². The number of benzene rings is 1. The lowest BCUT2D eigenvalue weighted by molar-refractivity contribution is -0.144. The standard InChI is InChI=1S/C18H23N4O5P/c1-5-13-9-8-10-14-11-15(17-19-20-21-22(17)16(13)14)18(27-12(4)23)28(24,25-6-2)26-7-3/h8-11,18H,5-7H2,1-4H3. The van der Waals surface area contributed by atoms with E-state index in [0.29, 0.717) is 11.2 Å². The first-order valence-corrected chi connectivity index (χ1v) is 10.7. The predicted octanol–water partition coefficient (Wildman–Crippen LogP) is 3.67. The molecule has 3 aromatic rings. The molecule has 0 radical (unpaired) electrons. The molecule has 0 aliphatic heterocycles. The van der Waals surface area contributed by atoms with Crippen molar-refractivity contribution in [3.05, 3.63) is 35.4 Å². The molecular formula is C18H23N4O5P. The second kappa shape index (κ2) is 8.34. The molecule has 2 aromatic heterocycles. The van der Waals surface area contributed by atoms with Gasteiger partial charge in [-0.05, 0) is 42.3 Å².